The maximum Gasteiger partial charge on any atom is 0.251 e. The second-order valence-electron chi connectivity index (χ2n) is 9.89. The highest BCUT2D eigenvalue weighted by Crippen LogP contribution is 2.28. The van der Waals surface area contributed by atoms with Crippen molar-refractivity contribution in [3.63, 3.8) is 0 Å². The molecule has 204 valence electrons. The van der Waals surface area contributed by atoms with Crippen LogP contribution < -0.4 is 15.5 Å². The van der Waals surface area contributed by atoms with E-state index in [2.05, 4.69) is 61.4 Å². The minimum Gasteiger partial charge on any atom is -0.352 e. The number of hydrogen-bond donors (Lipinski definition) is 2. The number of nitrogens with zero attached hydrogens (tertiary/aromatic N) is 5. The third kappa shape index (κ3) is 6.27. The van der Waals surface area contributed by atoms with Crippen LogP contribution in [0.2, 0.25) is 0 Å². The van der Waals surface area contributed by atoms with Gasteiger partial charge < -0.3 is 20.1 Å². The molecule has 4 heterocycles. The summed E-state index contributed by atoms with van der Waals surface area (Å²) in [5.41, 5.74) is 2.35. The van der Waals surface area contributed by atoms with Crippen LogP contribution >= 0.6 is 11.3 Å². The fraction of sp³-hybridized carbons (Fsp3) is 0.414. The van der Waals surface area contributed by atoms with Crippen molar-refractivity contribution >= 4 is 40.1 Å². The number of imidazole rings is 1. The predicted octanol–water partition coefficient (Wildman–Crippen LogP) is 4.35. The first-order valence-electron chi connectivity index (χ1n) is 13.7. The monoisotopic (exact) mass is 545 g/mol. The fourth-order valence-electron chi connectivity index (χ4n) is 5.26. The maximum atomic E-state index is 12.9. The Hall–Kier alpha value is -3.79. The summed E-state index contributed by atoms with van der Waals surface area (Å²) >= 11 is 1.73. The van der Waals surface area contributed by atoms with Gasteiger partial charge in [-0.2, -0.15) is 0 Å². The van der Waals surface area contributed by atoms with Crippen LogP contribution in [0.15, 0.2) is 54.2 Å². The number of carbonyl (C=O) groups is 2. The van der Waals surface area contributed by atoms with Crippen molar-refractivity contribution in [1.82, 2.24) is 30.2 Å². The average molecular weight is 546 g/mol. The second-order valence-corrected chi connectivity index (χ2v) is 10.9. The maximum absolute atomic E-state index is 12.9. The van der Waals surface area contributed by atoms with E-state index in [0.29, 0.717) is 11.6 Å². The lowest BCUT2D eigenvalue weighted by Gasteiger charge is -2.32. The van der Waals surface area contributed by atoms with Gasteiger partial charge in [0.15, 0.2) is 0 Å². The molecule has 1 aromatic carbocycles. The van der Waals surface area contributed by atoms with E-state index in [4.69, 9.17) is 4.98 Å². The molecule has 0 spiro atoms. The quantitative estimate of drug-likeness (QED) is 0.307. The van der Waals surface area contributed by atoms with Gasteiger partial charge in [0.05, 0.1) is 17.6 Å². The highest BCUT2D eigenvalue weighted by Gasteiger charge is 2.23. The molecule has 9 nitrogen and oxygen atoms in total. The average Bonchev–Trinajstić information content (AvgIpc) is 3.61. The van der Waals surface area contributed by atoms with Crippen LogP contribution in [0.1, 0.15) is 66.6 Å². The standard InChI is InChI=1S/C29H35N7O2S/c1-3-22(4-2)36-25-9-8-20(17-24(25)34-26(36)18-23-7-5-16-39-23)28(38)32-19-27(37)33-21-10-14-35(15-11-21)29-30-12-6-13-31-29/h5-9,12-13,16-17,21-22H,3-4,10-11,14-15,18-19H2,1-2H3,(H,32,38)(H,33,37). The molecule has 1 fully saturated rings. The normalized spacial score (nSPS) is 14.2. The number of rotatable bonds is 10. The van der Waals surface area contributed by atoms with Crippen LogP contribution in [0.25, 0.3) is 11.0 Å². The van der Waals surface area contributed by atoms with Crippen LogP contribution in [0.5, 0.6) is 0 Å². The minimum atomic E-state index is -0.278. The van der Waals surface area contributed by atoms with E-state index in [0.717, 1.165) is 68.0 Å². The van der Waals surface area contributed by atoms with Crippen molar-refractivity contribution in [2.24, 2.45) is 0 Å². The highest BCUT2D eigenvalue weighted by atomic mass is 32.1. The van der Waals surface area contributed by atoms with Gasteiger partial charge in [0.2, 0.25) is 11.9 Å². The van der Waals surface area contributed by atoms with E-state index >= 15 is 0 Å². The van der Waals surface area contributed by atoms with Crippen molar-refractivity contribution in [1.29, 1.82) is 0 Å². The van der Waals surface area contributed by atoms with Gasteiger partial charge in [-0.05, 0) is 61.4 Å². The van der Waals surface area contributed by atoms with Gasteiger partial charge in [0, 0.05) is 54.4 Å². The SMILES string of the molecule is CCC(CC)n1c(Cc2cccs2)nc2cc(C(=O)NCC(=O)NC3CCN(c4ncccn4)CC3)ccc21. The van der Waals surface area contributed by atoms with Gasteiger partial charge in [-0.15, -0.1) is 11.3 Å². The number of nitrogens with one attached hydrogen (secondary N) is 2. The van der Waals surface area contributed by atoms with Gasteiger partial charge in [-0.3, -0.25) is 9.59 Å². The molecule has 1 saturated heterocycles. The van der Waals surface area contributed by atoms with Crippen molar-refractivity contribution in [2.45, 2.75) is 58.0 Å². The number of thiophene rings is 1. The summed E-state index contributed by atoms with van der Waals surface area (Å²) in [6, 6.07) is 12.1. The third-order valence-corrected chi connectivity index (χ3v) is 8.23. The van der Waals surface area contributed by atoms with E-state index in [1.807, 2.05) is 18.2 Å². The van der Waals surface area contributed by atoms with Crippen LogP contribution in [-0.2, 0) is 11.2 Å². The Labute approximate surface area is 232 Å². The Morgan fingerprint density at radius 2 is 1.85 bits per heavy atom. The molecular weight excluding hydrogens is 510 g/mol. The summed E-state index contributed by atoms with van der Waals surface area (Å²) in [5, 5.41) is 7.91. The summed E-state index contributed by atoms with van der Waals surface area (Å²) in [7, 11) is 0. The molecule has 0 saturated carbocycles. The van der Waals surface area contributed by atoms with E-state index in [1.165, 1.54) is 4.88 Å². The zero-order chi connectivity index (χ0) is 27.2. The Kier molecular flexibility index (Phi) is 8.51. The van der Waals surface area contributed by atoms with Crippen LogP contribution in [0.3, 0.4) is 0 Å². The summed E-state index contributed by atoms with van der Waals surface area (Å²) < 4.78 is 2.33. The molecule has 0 unspecified atom stereocenters. The number of benzene rings is 1. The molecule has 4 aromatic rings. The lowest BCUT2D eigenvalue weighted by molar-refractivity contribution is -0.120. The van der Waals surface area contributed by atoms with E-state index in [1.54, 1.807) is 29.8 Å². The summed E-state index contributed by atoms with van der Waals surface area (Å²) in [5.74, 6) is 1.27. The minimum absolute atomic E-state index is 0.0648. The van der Waals surface area contributed by atoms with Crippen LogP contribution in [-0.4, -0.2) is 57.0 Å². The van der Waals surface area contributed by atoms with Gasteiger partial charge in [0.1, 0.15) is 5.82 Å². The summed E-state index contributed by atoms with van der Waals surface area (Å²) in [6.07, 6.45) is 7.87. The van der Waals surface area contributed by atoms with Gasteiger partial charge in [-0.25, -0.2) is 15.0 Å². The number of hydrogen-bond acceptors (Lipinski definition) is 7. The van der Waals surface area contributed by atoms with Crippen molar-refractivity contribution in [3.05, 3.63) is 70.4 Å². The fourth-order valence-corrected chi connectivity index (χ4v) is 5.97. The zero-order valence-electron chi connectivity index (χ0n) is 22.5. The summed E-state index contributed by atoms with van der Waals surface area (Å²) in [4.78, 5) is 42.4. The molecule has 1 aliphatic rings. The first-order valence-corrected chi connectivity index (χ1v) is 14.6. The summed E-state index contributed by atoms with van der Waals surface area (Å²) in [6.45, 7) is 5.88. The number of anilines is 1. The number of aromatic nitrogens is 4. The highest BCUT2D eigenvalue weighted by molar-refractivity contribution is 7.09. The van der Waals surface area contributed by atoms with Crippen molar-refractivity contribution in [3.8, 4) is 0 Å². The predicted molar refractivity (Wildman–Crippen MR) is 154 cm³/mol. The molecule has 0 aliphatic carbocycles. The molecule has 2 N–H and O–H groups in total. The molecular formula is C29H35N7O2S. The van der Waals surface area contributed by atoms with E-state index in [-0.39, 0.29) is 24.4 Å². The molecule has 0 bridgehead atoms. The Balaban J connectivity index is 1.19. The zero-order valence-corrected chi connectivity index (χ0v) is 23.3. The smallest absolute Gasteiger partial charge is 0.251 e. The molecule has 1 aliphatic heterocycles. The molecule has 0 radical (unpaired) electrons. The molecule has 39 heavy (non-hydrogen) atoms. The van der Waals surface area contributed by atoms with E-state index in [9.17, 15) is 9.59 Å². The largest absolute Gasteiger partial charge is 0.352 e. The number of carbonyl (C=O) groups excluding carboxylic acids is 2. The molecule has 0 atom stereocenters. The molecule has 10 heteroatoms. The van der Waals surface area contributed by atoms with Crippen LogP contribution in [0, 0.1) is 0 Å². The number of piperidine rings is 1. The number of fused-ring (bicyclic) bond motifs is 1. The lowest BCUT2D eigenvalue weighted by atomic mass is 10.1. The number of amides is 2. The topological polar surface area (TPSA) is 105 Å². The third-order valence-electron chi connectivity index (χ3n) is 7.35. The van der Waals surface area contributed by atoms with Gasteiger partial charge in [0.25, 0.3) is 5.91 Å². The molecule has 3 aromatic heterocycles. The Morgan fingerprint density at radius 1 is 1.08 bits per heavy atom. The lowest BCUT2D eigenvalue weighted by Crippen LogP contribution is -2.47. The second kappa shape index (κ2) is 12.4. The van der Waals surface area contributed by atoms with Crippen molar-refractivity contribution < 1.29 is 9.59 Å². The first kappa shape index (κ1) is 26.8. The van der Waals surface area contributed by atoms with Crippen molar-refractivity contribution in [2.75, 3.05) is 24.5 Å². The Bertz CT molecular complexity index is 1390. The first-order chi connectivity index (χ1) is 19.1. The Morgan fingerprint density at radius 3 is 2.54 bits per heavy atom. The molecule has 2 amide bonds. The van der Waals surface area contributed by atoms with E-state index < -0.39 is 0 Å². The molecule has 5 rings (SSSR count). The van der Waals surface area contributed by atoms with Gasteiger partial charge >= 0.3 is 0 Å². The van der Waals surface area contributed by atoms with Crippen LogP contribution in [0.4, 0.5) is 5.95 Å². The van der Waals surface area contributed by atoms with Gasteiger partial charge in [-0.1, -0.05) is 19.9 Å².